The highest BCUT2D eigenvalue weighted by atomic mass is 16.5. The van der Waals surface area contributed by atoms with Crippen LogP contribution < -0.4 is 5.32 Å². The maximum Gasteiger partial charge on any atom is 0.243 e. The number of aliphatic hydroxyl groups excluding tert-OH is 2. The fourth-order valence-corrected chi connectivity index (χ4v) is 4.85. The van der Waals surface area contributed by atoms with Gasteiger partial charge >= 0.3 is 0 Å². The van der Waals surface area contributed by atoms with Gasteiger partial charge in [0.25, 0.3) is 0 Å². The molecule has 2 heterocycles. The Labute approximate surface area is 222 Å². The number of amidine groups is 1. The van der Waals surface area contributed by atoms with E-state index in [0.717, 1.165) is 24.8 Å². The summed E-state index contributed by atoms with van der Waals surface area (Å²) in [5, 5.41) is 31.0. The predicted molar refractivity (Wildman–Crippen MR) is 148 cm³/mol. The Balaban J connectivity index is 1.88. The summed E-state index contributed by atoms with van der Waals surface area (Å²) >= 11 is 0. The number of allylic oxidation sites excluding steroid dienone is 2. The number of nitrogens with one attached hydrogen (secondary N) is 2. The smallest absolute Gasteiger partial charge is 0.243 e. The highest BCUT2D eigenvalue weighted by molar-refractivity contribution is 5.92. The van der Waals surface area contributed by atoms with Crippen LogP contribution in [0.4, 0.5) is 0 Å². The van der Waals surface area contributed by atoms with Crippen molar-refractivity contribution in [3.05, 3.63) is 36.0 Å². The molecule has 8 nitrogen and oxygen atoms in total. The zero-order valence-electron chi connectivity index (χ0n) is 23.3. The van der Waals surface area contributed by atoms with Crippen molar-refractivity contribution < 1.29 is 24.5 Å². The Morgan fingerprint density at radius 3 is 2.62 bits per heavy atom. The number of carbonyl (C=O) groups is 1. The predicted octanol–water partition coefficient (Wildman–Crippen LogP) is 3.97. The lowest BCUT2D eigenvalue weighted by atomic mass is 9.87. The molecule has 2 aliphatic heterocycles. The third-order valence-corrected chi connectivity index (χ3v) is 7.43. The molecule has 0 spiro atoms. The van der Waals surface area contributed by atoms with Crippen LogP contribution in [0, 0.1) is 23.2 Å². The van der Waals surface area contributed by atoms with Crippen LogP contribution in [0.2, 0.25) is 0 Å². The molecule has 0 aromatic heterocycles. The maximum absolute atomic E-state index is 12.4. The van der Waals surface area contributed by atoms with Crippen molar-refractivity contribution in [1.82, 2.24) is 5.32 Å². The average Bonchev–Trinajstić information content (AvgIpc) is 2.87. The first-order valence-corrected chi connectivity index (χ1v) is 13.6. The number of carbonyl (C=O) groups excluding carboxylic acids is 1. The van der Waals surface area contributed by atoms with Crippen molar-refractivity contribution in [2.24, 2.45) is 22.7 Å². The molecule has 1 amide bonds. The van der Waals surface area contributed by atoms with Gasteiger partial charge in [0.15, 0.2) is 0 Å². The van der Waals surface area contributed by atoms with Gasteiger partial charge in [0.2, 0.25) is 5.91 Å². The zero-order valence-corrected chi connectivity index (χ0v) is 23.3. The van der Waals surface area contributed by atoms with Crippen molar-refractivity contribution in [2.45, 2.75) is 104 Å². The molecule has 0 aromatic carbocycles. The maximum atomic E-state index is 12.4. The minimum Gasteiger partial charge on any atom is -0.396 e. The first-order valence-electron chi connectivity index (χ1n) is 13.6. The Morgan fingerprint density at radius 2 is 1.97 bits per heavy atom. The molecule has 0 aliphatic carbocycles. The van der Waals surface area contributed by atoms with Crippen LogP contribution >= 0.6 is 0 Å². The standard InChI is InChI=1S/C29H47N3O5/c1-7-23-16-22(17-33)28(35)26(37-23)13-10-18(3)9-12-25-20(5)15-24(21(6)36-25)32-27(34)14-11-19(4)29(30)31-8-2/h8-11,13-14,19-26,28,30,33,35H,7,12,15-17H2,1-6H3,(H,32,34)/b13-10+,14-11-,18-9+,30-29?,31-8?/t19?,20?,21?,22?,23-,24?,25?,26?,28+/m1/s1. The Bertz CT molecular complexity index is 868. The van der Waals surface area contributed by atoms with Gasteiger partial charge in [-0.3, -0.25) is 10.2 Å². The van der Waals surface area contributed by atoms with Gasteiger partial charge in [0.05, 0.1) is 30.5 Å². The molecule has 0 radical (unpaired) electrons. The Hall–Kier alpha value is -2.13. The summed E-state index contributed by atoms with van der Waals surface area (Å²) in [4.78, 5) is 16.4. The molecular weight excluding hydrogens is 470 g/mol. The van der Waals surface area contributed by atoms with Crippen LogP contribution in [0.3, 0.4) is 0 Å². The lowest BCUT2D eigenvalue weighted by Crippen LogP contribution is -2.50. The summed E-state index contributed by atoms with van der Waals surface area (Å²) in [6.07, 6.45) is 12.7. The number of nitrogens with zero attached hydrogens (tertiary/aromatic N) is 1. The molecule has 0 saturated carbocycles. The lowest BCUT2D eigenvalue weighted by molar-refractivity contribution is -0.133. The molecule has 2 saturated heterocycles. The highest BCUT2D eigenvalue weighted by Crippen LogP contribution is 2.29. The van der Waals surface area contributed by atoms with Gasteiger partial charge in [-0.05, 0) is 58.4 Å². The second-order valence-electron chi connectivity index (χ2n) is 10.5. The molecule has 2 aliphatic rings. The van der Waals surface area contributed by atoms with Crippen molar-refractivity contribution in [1.29, 1.82) is 5.41 Å². The van der Waals surface area contributed by atoms with Crippen LogP contribution in [0.5, 0.6) is 0 Å². The quantitative estimate of drug-likeness (QED) is 0.151. The number of amides is 1. The van der Waals surface area contributed by atoms with E-state index in [-0.39, 0.29) is 60.5 Å². The van der Waals surface area contributed by atoms with Crippen molar-refractivity contribution in [3.8, 4) is 0 Å². The summed E-state index contributed by atoms with van der Waals surface area (Å²) in [5.41, 5.74) is 1.06. The van der Waals surface area contributed by atoms with Crippen molar-refractivity contribution >= 4 is 18.0 Å². The molecule has 208 valence electrons. The third kappa shape index (κ3) is 9.60. The van der Waals surface area contributed by atoms with Gasteiger partial charge in [0, 0.05) is 24.7 Å². The van der Waals surface area contributed by atoms with E-state index in [2.05, 4.69) is 30.2 Å². The van der Waals surface area contributed by atoms with Crippen molar-refractivity contribution in [2.75, 3.05) is 6.61 Å². The first-order chi connectivity index (χ1) is 17.6. The Morgan fingerprint density at radius 1 is 1.24 bits per heavy atom. The minimum atomic E-state index is -0.707. The monoisotopic (exact) mass is 517 g/mol. The average molecular weight is 518 g/mol. The SMILES string of the molecule is CC=NC(=N)C(C)/C=C\C(=O)NC1CC(C)C(C/C=C(C)/C=C/C2O[C@H](CC)CC(CO)[C@@H]2O)OC1C. The van der Waals surface area contributed by atoms with E-state index in [1.165, 1.54) is 6.08 Å². The highest BCUT2D eigenvalue weighted by Gasteiger charge is 2.35. The number of hydrogen-bond acceptors (Lipinski definition) is 6. The zero-order chi connectivity index (χ0) is 27.5. The second kappa shape index (κ2) is 15.3. The van der Waals surface area contributed by atoms with Crippen LogP contribution in [0.15, 0.2) is 40.9 Å². The number of ether oxygens (including phenoxy) is 2. The van der Waals surface area contributed by atoms with Gasteiger partial charge in [0.1, 0.15) is 11.9 Å². The number of aliphatic imine (C=N–C) groups is 1. The van der Waals surface area contributed by atoms with Crippen molar-refractivity contribution in [3.63, 3.8) is 0 Å². The van der Waals surface area contributed by atoms with Crippen LogP contribution in [0.1, 0.15) is 67.2 Å². The summed E-state index contributed by atoms with van der Waals surface area (Å²) in [5.74, 6) is -0.0905. The lowest BCUT2D eigenvalue weighted by Gasteiger charge is -2.39. The summed E-state index contributed by atoms with van der Waals surface area (Å²) in [6, 6.07) is -0.0762. The molecule has 37 heavy (non-hydrogen) atoms. The van der Waals surface area contributed by atoms with Gasteiger partial charge < -0.3 is 25.0 Å². The van der Waals surface area contributed by atoms with Gasteiger partial charge in [-0.1, -0.05) is 50.6 Å². The normalized spacial score (nSPS) is 34.3. The largest absolute Gasteiger partial charge is 0.396 e. The molecular formula is C29H47N3O5. The number of hydrogen-bond donors (Lipinski definition) is 4. The van der Waals surface area contributed by atoms with E-state index in [0.29, 0.717) is 6.42 Å². The molecule has 0 bridgehead atoms. The summed E-state index contributed by atoms with van der Waals surface area (Å²) < 4.78 is 12.3. The minimum absolute atomic E-state index is 0.0368. The molecule has 8 heteroatoms. The van der Waals surface area contributed by atoms with E-state index in [1.807, 2.05) is 32.9 Å². The number of aliphatic hydroxyl groups is 2. The van der Waals surface area contributed by atoms with E-state index < -0.39 is 12.2 Å². The van der Waals surface area contributed by atoms with Gasteiger partial charge in [-0.25, -0.2) is 4.99 Å². The van der Waals surface area contributed by atoms with E-state index in [1.54, 1.807) is 19.2 Å². The van der Waals surface area contributed by atoms with E-state index in [4.69, 9.17) is 14.9 Å². The number of rotatable bonds is 10. The van der Waals surface area contributed by atoms with Crippen LogP contribution in [-0.4, -0.2) is 71.3 Å². The Kier molecular flexibility index (Phi) is 12.9. The van der Waals surface area contributed by atoms with Crippen LogP contribution in [0.25, 0.3) is 0 Å². The molecule has 9 atom stereocenters. The molecule has 2 rings (SSSR count). The molecule has 4 N–H and O–H groups in total. The second-order valence-corrected chi connectivity index (χ2v) is 10.5. The summed E-state index contributed by atoms with van der Waals surface area (Å²) in [7, 11) is 0. The fraction of sp³-hybridized carbons (Fsp3) is 0.690. The fourth-order valence-electron chi connectivity index (χ4n) is 4.85. The van der Waals surface area contributed by atoms with Gasteiger partial charge in [-0.15, -0.1) is 0 Å². The van der Waals surface area contributed by atoms with Gasteiger partial charge in [-0.2, -0.15) is 0 Å². The van der Waals surface area contributed by atoms with E-state index in [9.17, 15) is 15.0 Å². The molecule has 0 aromatic rings. The van der Waals surface area contributed by atoms with E-state index >= 15 is 0 Å². The topological polar surface area (TPSA) is 124 Å². The third-order valence-electron chi connectivity index (χ3n) is 7.43. The van der Waals surface area contributed by atoms with Crippen LogP contribution in [-0.2, 0) is 14.3 Å². The first kappa shape index (κ1) is 31.1. The summed E-state index contributed by atoms with van der Waals surface area (Å²) in [6.45, 7) is 11.8. The molecule has 2 fully saturated rings. The molecule has 7 unspecified atom stereocenters.